The molecule has 226 valence electrons. The van der Waals surface area contributed by atoms with Crippen molar-refractivity contribution in [3.05, 3.63) is 70.8 Å². The highest BCUT2D eigenvalue weighted by molar-refractivity contribution is 6.36. The number of likely N-dealkylation sites (tertiary alicyclic amines) is 1. The van der Waals surface area contributed by atoms with Gasteiger partial charge in [-0.3, -0.25) is 14.9 Å². The second-order valence-corrected chi connectivity index (χ2v) is 11.7. The molecule has 0 amide bonds. The normalized spacial score (nSPS) is 14.4. The van der Waals surface area contributed by atoms with Crippen LogP contribution in [0, 0.1) is 12.3 Å². The standard InChI is InChI=1S/C34H41ClN6O2/c1-7-15-34(8-2)20-41(21-34)19-30-33(43-6)39-27(17-38-30)24-12-9-11-23(22(24)3)25-13-10-14-26(31(25)35)28-18-37-29(16-36-4)32(40-28)42-5/h9-14,17-18,36H,7-8,15-16,19-21H2,1-6H3. The first-order valence-electron chi connectivity index (χ1n) is 14.9. The van der Waals surface area contributed by atoms with Gasteiger partial charge in [-0.25, -0.2) is 9.97 Å². The van der Waals surface area contributed by atoms with Gasteiger partial charge < -0.3 is 14.8 Å². The third kappa shape index (κ3) is 6.23. The van der Waals surface area contributed by atoms with Gasteiger partial charge >= 0.3 is 0 Å². The van der Waals surface area contributed by atoms with Gasteiger partial charge in [0.25, 0.3) is 0 Å². The minimum atomic E-state index is 0.445. The molecule has 8 nitrogen and oxygen atoms in total. The molecule has 9 heteroatoms. The summed E-state index contributed by atoms with van der Waals surface area (Å²) in [7, 11) is 5.12. The Kier molecular flexibility index (Phi) is 9.59. The van der Waals surface area contributed by atoms with Gasteiger partial charge in [-0.15, -0.1) is 0 Å². The molecule has 1 aliphatic heterocycles. The first-order valence-corrected chi connectivity index (χ1v) is 15.3. The third-order valence-corrected chi connectivity index (χ3v) is 8.96. The van der Waals surface area contributed by atoms with E-state index in [1.54, 1.807) is 20.4 Å². The maximum Gasteiger partial charge on any atom is 0.237 e. The molecule has 1 fully saturated rings. The second-order valence-electron chi connectivity index (χ2n) is 11.3. The van der Waals surface area contributed by atoms with Gasteiger partial charge in [-0.2, -0.15) is 0 Å². The number of halogens is 1. The average Bonchev–Trinajstić information content (AvgIpc) is 3.01. The molecule has 0 radical (unpaired) electrons. The van der Waals surface area contributed by atoms with Crippen molar-refractivity contribution >= 4 is 11.6 Å². The zero-order valence-electron chi connectivity index (χ0n) is 26.0. The van der Waals surface area contributed by atoms with E-state index in [0.717, 1.165) is 64.5 Å². The number of nitrogens with one attached hydrogen (secondary N) is 1. The lowest BCUT2D eigenvalue weighted by atomic mass is 9.74. The molecule has 5 rings (SSSR count). The van der Waals surface area contributed by atoms with Gasteiger partial charge in [-0.05, 0) is 43.4 Å². The average molecular weight is 601 g/mol. The fourth-order valence-corrected chi connectivity index (χ4v) is 6.56. The van der Waals surface area contributed by atoms with Crippen LogP contribution in [0.3, 0.4) is 0 Å². The number of ether oxygens (including phenoxy) is 2. The molecule has 2 aromatic heterocycles. The van der Waals surface area contributed by atoms with Gasteiger partial charge in [-0.1, -0.05) is 68.3 Å². The van der Waals surface area contributed by atoms with E-state index in [9.17, 15) is 0 Å². The number of hydrogen-bond donors (Lipinski definition) is 1. The first-order chi connectivity index (χ1) is 20.9. The molecule has 1 aliphatic rings. The first kappa shape index (κ1) is 30.9. The number of hydrogen-bond acceptors (Lipinski definition) is 8. The molecular formula is C34H41ClN6O2. The molecule has 1 saturated heterocycles. The van der Waals surface area contributed by atoms with E-state index in [2.05, 4.69) is 48.1 Å². The lowest BCUT2D eigenvalue weighted by Gasteiger charge is -2.50. The van der Waals surface area contributed by atoms with Gasteiger partial charge in [0.05, 0.1) is 43.0 Å². The molecule has 0 spiro atoms. The van der Waals surface area contributed by atoms with E-state index >= 15 is 0 Å². The Morgan fingerprint density at radius 3 is 2.07 bits per heavy atom. The highest BCUT2D eigenvalue weighted by atomic mass is 35.5. The maximum absolute atomic E-state index is 7.06. The number of methoxy groups -OCH3 is 2. The topological polar surface area (TPSA) is 85.3 Å². The molecule has 43 heavy (non-hydrogen) atoms. The Morgan fingerprint density at radius 1 is 0.860 bits per heavy atom. The number of aromatic nitrogens is 4. The molecule has 3 heterocycles. The van der Waals surface area contributed by atoms with Crippen LogP contribution in [0.1, 0.15) is 50.1 Å². The van der Waals surface area contributed by atoms with Gasteiger partial charge in [0, 0.05) is 42.9 Å². The zero-order chi connectivity index (χ0) is 30.6. The van der Waals surface area contributed by atoms with Crippen molar-refractivity contribution in [3.8, 4) is 45.4 Å². The molecule has 0 aliphatic carbocycles. The SMILES string of the molecule is CCCC1(CC)CN(Cc2ncc(-c3cccc(-c4cccc(-c5cnc(CNC)c(OC)n5)c4Cl)c3C)nc2OC)C1. The van der Waals surface area contributed by atoms with E-state index in [1.165, 1.54) is 19.3 Å². The molecule has 0 atom stereocenters. The Bertz CT molecular complexity index is 1590. The van der Waals surface area contributed by atoms with Crippen LogP contribution in [0.2, 0.25) is 5.02 Å². The van der Waals surface area contributed by atoms with Crippen LogP contribution in [0.25, 0.3) is 33.6 Å². The van der Waals surface area contributed by atoms with Crippen LogP contribution in [-0.4, -0.2) is 59.2 Å². The van der Waals surface area contributed by atoms with Gasteiger partial charge in [0.15, 0.2) is 0 Å². The van der Waals surface area contributed by atoms with Crippen molar-refractivity contribution in [1.29, 1.82) is 0 Å². The third-order valence-electron chi connectivity index (χ3n) is 8.55. The van der Waals surface area contributed by atoms with Crippen molar-refractivity contribution in [2.24, 2.45) is 5.41 Å². The van der Waals surface area contributed by atoms with E-state index in [4.69, 9.17) is 36.0 Å². The van der Waals surface area contributed by atoms with E-state index in [0.29, 0.717) is 34.4 Å². The number of benzene rings is 2. The number of rotatable bonds is 12. The van der Waals surface area contributed by atoms with Crippen molar-refractivity contribution in [1.82, 2.24) is 30.2 Å². The van der Waals surface area contributed by atoms with E-state index in [1.807, 2.05) is 37.5 Å². The van der Waals surface area contributed by atoms with Crippen LogP contribution in [-0.2, 0) is 13.1 Å². The van der Waals surface area contributed by atoms with E-state index < -0.39 is 0 Å². The number of nitrogens with zero attached hydrogens (tertiary/aromatic N) is 5. The molecule has 0 saturated carbocycles. The summed E-state index contributed by atoms with van der Waals surface area (Å²) in [5.41, 5.74) is 8.19. The fraction of sp³-hybridized carbons (Fsp3) is 0.412. The highest BCUT2D eigenvalue weighted by Gasteiger charge is 2.40. The highest BCUT2D eigenvalue weighted by Crippen LogP contribution is 2.41. The summed E-state index contributed by atoms with van der Waals surface area (Å²) in [6, 6.07) is 12.1. The van der Waals surface area contributed by atoms with Crippen LogP contribution in [0.4, 0.5) is 0 Å². The molecule has 0 bridgehead atoms. The van der Waals surface area contributed by atoms with E-state index in [-0.39, 0.29) is 0 Å². The predicted molar refractivity (Wildman–Crippen MR) is 172 cm³/mol. The Hall–Kier alpha value is -3.59. The minimum absolute atomic E-state index is 0.445. The zero-order valence-corrected chi connectivity index (χ0v) is 26.8. The summed E-state index contributed by atoms with van der Waals surface area (Å²) in [6.45, 7) is 10.2. The Labute approximate surface area is 259 Å². The molecular weight excluding hydrogens is 560 g/mol. The van der Waals surface area contributed by atoms with Crippen molar-refractivity contribution in [3.63, 3.8) is 0 Å². The van der Waals surface area contributed by atoms with Crippen molar-refractivity contribution in [2.45, 2.75) is 53.1 Å². The summed E-state index contributed by atoms with van der Waals surface area (Å²) in [5.74, 6) is 1.04. The largest absolute Gasteiger partial charge is 0.480 e. The summed E-state index contributed by atoms with van der Waals surface area (Å²) in [4.78, 5) is 21.4. The predicted octanol–water partition coefficient (Wildman–Crippen LogP) is 6.98. The smallest absolute Gasteiger partial charge is 0.237 e. The fourth-order valence-electron chi connectivity index (χ4n) is 6.24. The van der Waals surface area contributed by atoms with Crippen molar-refractivity contribution in [2.75, 3.05) is 34.4 Å². The Balaban J connectivity index is 1.44. The molecule has 0 unspecified atom stereocenters. The van der Waals surface area contributed by atoms with Crippen LogP contribution in [0.15, 0.2) is 48.8 Å². The second kappa shape index (κ2) is 13.4. The van der Waals surface area contributed by atoms with Crippen LogP contribution < -0.4 is 14.8 Å². The van der Waals surface area contributed by atoms with Gasteiger partial charge in [0.1, 0.15) is 11.4 Å². The van der Waals surface area contributed by atoms with Crippen LogP contribution in [0.5, 0.6) is 11.8 Å². The molecule has 2 aromatic carbocycles. The molecule has 1 N–H and O–H groups in total. The quantitative estimate of drug-likeness (QED) is 0.186. The lowest BCUT2D eigenvalue weighted by molar-refractivity contribution is -0.0175. The summed E-state index contributed by atoms with van der Waals surface area (Å²) in [6.07, 6.45) is 7.30. The van der Waals surface area contributed by atoms with Crippen LogP contribution >= 0.6 is 11.6 Å². The lowest BCUT2D eigenvalue weighted by Crippen LogP contribution is -2.55. The Morgan fingerprint density at radius 2 is 1.44 bits per heavy atom. The summed E-state index contributed by atoms with van der Waals surface area (Å²) >= 11 is 7.06. The molecule has 4 aromatic rings. The minimum Gasteiger partial charge on any atom is -0.480 e. The summed E-state index contributed by atoms with van der Waals surface area (Å²) < 4.78 is 11.2. The monoisotopic (exact) mass is 600 g/mol. The summed E-state index contributed by atoms with van der Waals surface area (Å²) in [5, 5.41) is 3.69. The maximum atomic E-state index is 7.06. The van der Waals surface area contributed by atoms with Gasteiger partial charge in [0.2, 0.25) is 11.8 Å². The van der Waals surface area contributed by atoms with Crippen molar-refractivity contribution < 1.29 is 9.47 Å².